The van der Waals surface area contributed by atoms with Crippen LogP contribution >= 0.6 is 0 Å². The predicted octanol–water partition coefficient (Wildman–Crippen LogP) is 9.14. The van der Waals surface area contributed by atoms with Crippen molar-refractivity contribution in [2.24, 2.45) is 0 Å². The highest BCUT2D eigenvalue weighted by Gasteiger charge is 1.94. The lowest BCUT2D eigenvalue weighted by molar-refractivity contribution is 0.575. The van der Waals surface area contributed by atoms with Gasteiger partial charge in [-0.1, -0.05) is 97.3 Å². The zero-order valence-corrected chi connectivity index (χ0v) is 20.5. The summed E-state index contributed by atoms with van der Waals surface area (Å²) in [5.74, 6) is 0. The number of pyridine rings is 2. The molecule has 174 valence electrons. The van der Waals surface area contributed by atoms with Crippen LogP contribution in [0.4, 0.5) is 0 Å². The molecular weight excluding hydrogens is 376 g/mol. The molecule has 0 aliphatic heterocycles. The van der Waals surface area contributed by atoms with Crippen molar-refractivity contribution >= 4 is 0 Å². The highest BCUT2D eigenvalue weighted by atomic mass is 14.6. The third kappa shape index (κ3) is 17.7. The van der Waals surface area contributed by atoms with E-state index in [0.717, 1.165) is 0 Å². The van der Waals surface area contributed by atoms with Crippen LogP contribution in [0.1, 0.15) is 121 Å². The Morgan fingerprint density at radius 1 is 0.419 bits per heavy atom. The number of hydrogen-bond acceptors (Lipinski definition) is 2. The topological polar surface area (TPSA) is 25.8 Å². The molecule has 0 atom stereocenters. The summed E-state index contributed by atoms with van der Waals surface area (Å²) in [4.78, 5) is 8.06. The third-order valence-electron chi connectivity index (χ3n) is 5.89. The normalized spacial score (nSPS) is 10.5. The number of aromatic nitrogens is 2. The smallest absolute Gasteiger partial charge is 0.0270 e. The summed E-state index contributed by atoms with van der Waals surface area (Å²) in [5, 5.41) is 0. The van der Waals surface area contributed by atoms with Crippen LogP contribution in [-0.2, 0) is 12.8 Å². The highest BCUT2D eigenvalue weighted by Crippen LogP contribution is 2.11. The number of nitrogens with zero attached hydrogens (tertiary/aromatic N) is 2. The fraction of sp³-hybridized carbons (Fsp3) is 0.655. The van der Waals surface area contributed by atoms with Crippen LogP contribution in [0.2, 0.25) is 0 Å². The molecule has 0 spiro atoms. The van der Waals surface area contributed by atoms with E-state index in [9.17, 15) is 0 Å². The fourth-order valence-electron chi connectivity index (χ4n) is 3.85. The quantitative estimate of drug-likeness (QED) is 0.236. The maximum absolute atomic E-state index is 4.03. The van der Waals surface area contributed by atoms with Crippen LogP contribution in [0.25, 0.3) is 0 Å². The molecule has 0 saturated carbocycles. The first kappa shape index (κ1) is 27.3. The van der Waals surface area contributed by atoms with Crippen LogP contribution in [0.3, 0.4) is 0 Å². The monoisotopic (exact) mass is 424 g/mol. The largest absolute Gasteiger partial charge is 0.265 e. The number of rotatable bonds is 17. The van der Waals surface area contributed by atoms with Crippen molar-refractivity contribution in [3.63, 3.8) is 0 Å². The van der Waals surface area contributed by atoms with Gasteiger partial charge in [-0.2, -0.15) is 0 Å². The third-order valence-corrected chi connectivity index (χ3v) is 5.89. The molecular formula is C29H48N2. The number of unbranched alkanes of at least 4 members (excludes halogenated alkanes) is 13. The Labute approximate surface area is 193 Å². The summed E-state index contributed by atoms with van der Waals surface area (Å²) in [6.45, 7) is 4.54. The molecule has 2 rings (SSSR count). The van der Waals surface area contributed by atoms with Gasteiger partial charge in [0.25, 0.3) is 0 Å². The van der Waals surface area contributed by atoms with E-state index in [2.05, 4.69) is 48.1 Å². The summed E-state index contributed by atoms with van der Waals surface area (Å²) >= 11 is 0. The van der Waals surface area contributed by atoms with Gasteiger partial charge < -0.3 is 0 Å². The van der Waals surface area contributed by atoms with E-state index in [1.165, 1.54) is 120 Å². The SMILES string of the molecule is CCCCCCCCCCc1ccncc1.CCCCCCCCCc1ccncc1. The number of aryl methyl sites for hydroxylation is 2. The van der Waals surface area contributed by atoms with Gasteiger partial charge in [0.1, 0.15) is 0 Å². The lowest BCUT2D eigenvalue weighted by Gasteiger charge is -2.02. The van der Waals surface area contributed by atoms with Crippen molar-refractivity contribution in [1.29, 1.82) is 0 Å². The summed E-state index contributed by atoms with van der Waals surface area (Å²) in [5.41, 5.74) is 2.86. The lowest BCUT2D eigenvalue weighted by Crippen LogP contribution is -1.86. The minimum atomic E-state index is 1.22. The molecule has 31 heavy (non-hydrogen) atoms. The zero-order chi connectivity index (χ0) is 22.2. The molecule has 0 unspecified atom stereocenters. The van der Waals surface area contributed by atoms with E-state index in [4.69, 9.17) is 0 Å². The van der Waals surface area contributed by atoms with Gasteiger partial charge in [-0.3, -0.25) is 9.97 Å². The molecule has 2 aromatic rings. The molecule has 0 bridgehead atoms. The molecule has 2 nitrogen and oxygen atoms in total. The van der Waals surface area contributed by atoms with Gasteiger partial charge in [0.2, 0.25) is 0 Å². The first-order chi connectivity index (χ1) is 15.4. The maximum atomic E-state index is 4.03. The van der Waals surface area contributed by atoms with Crippen LogP contribution in [0.5, 0.6) is 0 Å². The van der Waals surface area contributed by atoms with Crippen molar-refractivity contribution in [1.82, 2.24) is 9.97 Å². The Hall–Kier alpha value is -1.70. The van der Waals surface area contributed by atoms with Gasteiger partial charge in [-0.25, -0.2) is 0 Å². The van der Waals surface area contributed by atoms with Gasteiger partial charge in [0.15, 0.2) is 0 Å². The first-order valence-electron chi connectivity index (χ1n) is 13.1. The van der Waals surface area contributed by atoms with Crippen LogP contribution in [-0.4, -0.2) is 9.97 Å². The standard InChI is InChI=1S/C15H25N.C14H23N/c1-2-3-4-5-6-7-8-9-10-15-11-13-16-14-12-15;1-2-3-4-5-6-7-8-9-14-10-12-15-13-11-14/h11-14H,2-10H2,1H3;10-13H,2-9H2,1H3. The fourth-order valence-corrected chi connectivity index (χ4v) is 3.85. The Morgan fingerprint density at radius 3 is 1.03 bits per heavy atom. The molecule has 0 N–H and O–H groups in total. The van der Waals surface area contributed by atoms with Gasteiger partial charge >= 0.3 is 0 Å². The van der Waals surface area contributed by atoms with E-state index in [1.54, 1.807) is 0 Å². The Bertz CT molecular complexity index is 582. The minimum absolute atomic E-state index is 1.22. The van der Waals surface area contributed by atoms with E-state index >= 15 is 0 Å². The van der Waals surface area contributed by atoms with Crippen molar-refractivity contribution in [2.75, 3.05) is 0 Å². The van der Waals surface area contributed by atoms with Crippen molar-refractivity contribution in [3.05, 3.63) is 60.2 Å². The summed E-state index contributed by atoms with van der Waals surface area (Å²) in [6, 6.07) is 8.50. The zero-order valence-electron chi connectivity index (χ0n) is 20.5. The molecule has 0 radical (unpaired) electrons. The molecule has 2 heteroatoms. The first-order valence-corrected chi connectivity index (χ1v) is 13.1. The Morgan fingerprint density at radius 2 is 0.710 bits per heavy atom. The van der Waals surface area contributed by atoms with Crippen molar-refractivity contribution < 1.29 is 0 Å². The molecule has 0 aromatic carbocycles. The van der Waals surface area contributed by atoms with Crippen LogP contribution < -0.4 is 0 Å². The van der Waals surface area contributed by atoms with Gasteiger partial charge in [-0.05, 0) is 61.1 Å². The second kappa shape index (κ2) is 21.5. The Kier molecular flexibility index (Phi) is 19.0. The molecule has 2 aromatic heterocycles. The van der Waals surface area contributed by atoms with Crippen LogP contribution in [0, 0.1) is 0 Å². The molecule has 0 aliphatic rings. The van der Waals surface area contributed by atoms with Gasteiger partial charge in [0, 0.05) is 24.8 Å². The second-order valence-electron chi connectivity index (χ2n) is 8.81. The van der Waals surface area contributed by atoms with Gasteiger partial charge in [-0.15, -0.1) is 0 Å². The molecule has 0 saturated heterocycles. The maximum Gasteiger partial charge on any atom is 0.0270 e. The molecule has 2 heterocycles. The van der Waals surface area contributed by atoms with E-state index in [1.807, 2.05) is 24.8 Å². The van der Waals surface area contributed by atoms with Crippen LogP contribution in [0.15, 0.2) is 49.1 Å². The highest BCUT2D eigenvalue weighted by molar-refractivity contribution is 5.10. The second-order valence-corrected chi connectivity index (χ2v) is 8.81. The number of hydrogen-bond donors (Lipinski definition) is 0. The van der Waals surface area contributed by atoms with E-state index in [-0.39, 0.29) is 0 Å². The van der Waals surface area contributed by atoms with E-state index < -0.39 is 0 Å². The average molecular weight is 425 g/mol. The van der Waals surface area contributed by atoms with E-state index in [0.29, 0.717) is 0 Å². The Balaban J connectivity index is 0.000000311. The lowest BCUT2D eigenvalue weighted by atomic mass is 10.0. The average Bonchev–Trinajstić information content (AvgIpc) is 2.82. The molecule has 0 aliphatic carbocycles. The van der Waals surface area contributed by atoms with Crippen molar-refractivity contribution in [3.8, 4) is 0 Å². The minimum Gasteiger partial charge on any atom is -0.265 e. The summed E-state index contributed by atoms with van der Waals surface area (Å²) in [7, 11) is 0. The van der Waals surface area contributed by atoms with Crippen molar-refractivity contribution in [2.45, 2.75) is 123 Å². The summed E-state index contributed by atoms with van der Waals surface area (Å²) < 4.78 is 0. The predicted molar refractivity (Wildman–Crippen MR) is 136 cm³/mol. The molecule has 0 fully saturated rings. The molecule has 0 amide bonds. The van der Waals surface area contributed by atoms with Gasteiger partial charge in [0.05, 0.1) is 0 Å². The summed E-state index contributed by atoms with van der Waals surface area (Å²) in [6.07, 6.45) is 30.9.